The molecule has 0 aliphatic carbocycles. The predicted octanol–water partition coefficient (Wildman–Crippen LogP) is 5.94. The molecule has 0 aliphatic heterocycles. The van der Waals surface area contributed by atoms with Crippen molar-refractivity contribution in [1.29, 1.82) is 0 Å². The third-order valence-electron chi connectivity index (χ3n) is 5.42. The molecule has 1 N–H and O–H groups in total. The van der Waals surface area contributed by atoms with Gasteiger partial charge in [-0.3, -0.25) is 14.4 Å². The molecule has 10 nitrogen and oxygen atoms in total. The molecule has 0 radical (unpaired) electrons. The van der Waals surface area contributed by atoms with Gasteiger partial charge in [-0.15, -0.1) is 0 Å². The van der Waals surface area contributed by atoms with Crippen LogP contribution in [0.15, 0.2) is 70.4 Å². The molecule has 4 aromatic rings. The summed E-state index contributed by atoms with van der Waals surface area (Å²) in [4.78, 5) is 18.6. The second-order valence-corrected chi connectivity index (χ2v) is 10.3. The zero-order valence-corrected chi connectivity index (χ0v) is 22.8. The molecule has 0 bridgehead atoms. The van der Waals surface area contributed by atoms with Gasteiger partial charge in [0.15, 0.2) is 5.82 Å². The minimum atomic E-state index is -3.99. The summed E-state index contributed by atoms with van der Waals surface area (Å²) in [5, 5.41) is 4.33. The number of halogens is 2. The SMILES string of the molecule is CCC(=O)N(c1ccc(S(=O)(=O)Nc2ccon2)cn1)c1cc(-c2cc(Cl)cc(OC)c2)c(Cl)cc1OC. The fourth-order valence-corrected chi connectivity index (χ4v) is 5.03. The number of nitrogens with one attached hydrogen (secondary N) is 1. The molecule has 198 valence electrons. The molecule has 0 fully saturated rings. The molecule has 0 aliphatic rings. The minimum Gasteiger partial charge on any atom is -0.497 e. The molecule has 0 atom stereocenters. The van der Waals surface area contributed by atoms with Gasteiger partial charge in [0, 0.05) is 35.3 Å². The Hall–Kier alpha value is -3.80. The van der Waals surface area contributed by atoms with Crippen molar-refractivity contribution in [1.82, 2.24) is 10.1 Å². The third kappa shape index (κ3) is 5.69. The number of benzene rings is 2. The van der Waals surface area contributed by atoms with Gasteiger partial charge >= 0.3 is 0 Å². The Kier molecular flexibility index (Phi) is 8.10. The number of hydrogen-bond acceptors (Lipinski definition) is 8. The van der Waals surface area contributed by atoms with Gasteiger partial charge in [0.25, 0.3) is 10.0 Å². The number of sulfonamides is 1. The first-order valence-electron chi connectivity index (χ1n) is 11.1. The molecule has 2 heterocycles. The van der Waals surface area contributed by atoms with E-state index in [2.05, 4.69) is 19.4 Å². The molecular formula is C25H22Cl2N4O6S. The van der Waals surface area contributed by atoms with Crippen LogP contribution in [0.1, 0.15) is 13.3 Å². The highest BCUT2D eigenvalue weighted by atomic mass is 35.5. The Labute approximate surface area is 229 Å². The monoisotopic (exact) mass is 576 g/mol. The van der Waals surface area contributed by atoms with Crippen LogP contribution in [0.3, 0.4) is 0 Å². The Morgan fingerprint density at radius 2 is 1.87 bits per heavy atom. The van der Waals surface area contributed by atoms with E-state index in [-0.39, 0.29) is 28.9 Å². The molecule has 1 amide bonds. The summed E-state index contributed by atoms with van der Waals surface area (Å²) >= 11 is 12.9. The van der Waals surface area contributed by atoms with Crippen LogP contribution in [0.2, 0.25) is 10.0 Å². The maximum absolute atomic E-state index is 13.2. The largest absolute Gasteiger partial charge is 0.497 e. The van der Waals surface area contributed by atoms with Gasteiger partial charge in [-0.1, -0.05) is 35.3 Å². The van der Waals surface area contributed by atoms with Crippen LogP contribution in [0.4, 0.5) is 17.3 Å². The van der Waals surface area contributed by atoms with Crippen molar-refractivity contribution in [3.8, 4) is 22.6 Å². The van der Waals surface area contributed by atoms with Gasteiger partial charge in [0.1, 0.15) is 28.5 Å². The lowest BCUT2D eigenvalue weighted by molar-refractivity contribution is -0.117. The number of methoxy groups -OCH3 is 2. The molecule has 13 heteroatoms. The second-order valence-electron chi connectivity index (χ2n) is 7.81. The smallest absolute Gasteiger partial charge is 0.264 e. The Balaban J connectivity index is 1.80. The summed E-state index contributed by atoms with van der Waals surface area (Å²) in [6, 6.07) is 12.5. The number of carbonyl (C=O) groups is 1. The zero-order valence-electron chi connectivity index (χ0n) is 20.4. The Morgan fingerprint density at radius 3 is 2.47 bits per heavy atom. The quantitative estimate of drug-likeness (QED) is 0.259. The molecule has 2 aromatic carbocycles. The molecule has 0 saturated heterocycles. The Morgan fingerprint density at radius 1 is 1.08 bits per heavy atom. The lowest BCUT2D eigenvalue weighted by atomic mass is 10.0. The van der Waals surface area contributed by atoms with E-state index in [0.717, 1.165) is 6.20 Å². The predicted molar refractivity (Wildman–Crippen MR) is 144 cm³/mol. The fraction of sp³-hybridized carbons (Fsp3) is 0.160. The first-order chi connectivity index (χ1) is 18.2. The van der Waals surface area contributed by atoms with Gasteiger partial charge in [-0.25, -0.2) is 13.4 Å². The van der Waals surface area contributed by atoms with E-state index in [1.54, 1.807) is 37.3 Å². The fourth-order valence-electron chi connectivity index (χ4n) is 3.61. The molecule has 4 rings (SSSR count). The summed E-state index contributed by atoms with van der Waals surface area (Å²) in [5.74, 6) is 0.713. The first kappa shape index (κ1) is 27.2. The minimum absolute atomic E-state index is 0.0212. The summed E-state index contributed by atoms with van der Waals surface area (Å²) < 4.78 is 43.2. The number of anilines is 3. The summed E-state index contributed by atoms with van der Waals surface area (Å²) in [6.45, 7) is 1.70. The molecular weight excluding hydrogens is 555 g/mol. The van der Waals surface area contributed by atoms with E-state index in [0.29, 0.717) is 38.4 Å². The van der Waals surface area contributed by atoms with E-state index in [9.17, 15) is 13.2 Å². The van der Waals surface area contributed by atoms with Gasteiger partial charge in [-0.05, 0) is 42.0 Å². The lowest BCUT2D eigenvalue weighted by Crippen LogP contribution is -2.26. The molecule has 2 aromatic heterocycles. The molecule has 0 spiro atoms. The summed E-state index contributed by atoms with van der Waals surface area (Å²) in [6.07, 6.45) is 2.50. The number of pyridine rings is 1. The number of carbonyl (C=O) groups excluding carboxylic acids is 1. The lowest BCUT2D eigenvalue weighted by Gasteiger charge is -2.25. The number of hydrogen-bond donors (Lipinski definition) is 1. The van der Waals surface area contributed by atoms with Crippen LogP contribution in [0, 0.1) is 0 Å². The number of nitrogens with zero attached hydrogens (tertiary/aromatic N) is 3. The van der Waals surface area contributed by atoms with Crippen LogP contribution in [0.25, 0.3) is 11.1 Å². The van der Waals surface area contributed by atoms with Gasteiger partial charge in [0.05, 0.1) is 24.9 Å². The number of aromatic nitrogens is 2. The summed E-state index contributed by atoms with van der Waals surface area (Å²) in [5.41, 5.74) is 1.56. The average molecular weight is 577 g/mol. The highest BCUT2D eigenvalue weighted by Gasteiger charge is 2.25. The van der Waals surface area contributed by atoms with Crippen LogP contribution in [0.5, 0.6) is 11.5 Å². The van der Waals surface area contributed by atoms with Crippen molar-refractivity contribution in [2.45, 2.75) is 18.2 Å². The standard InChI is InChI=1S/C25H22Cl2N4O6S/c1-4-25(32)31(24-6-5-18(14-28-24)38(33,34)30-23-7-8-37-29-23)21-12-19(20(27)13-22(21)36-3)15-9-16(26)11-17(10-15)35-2/h5-14H,4H2,1-3H3,(H,29,30). The number of rotatable bonds is 9. The molecule has 0 saturated carbocycles. The first-order valence-corrected chi connectivity index (χ1v) is 13.4. The van der Waals surface area contributed by atoms with E-state index in [4.69, 9.17) is 32.7 Å². The van der Waals surface area contributed by atoms with Crippen molar-refractivity contribution in [3.05, 3.63) is 71.0 Å². The van der Waals surface area contributed by atoms with Crippen molar-refractivity contribution in [3.63, 3.8) is 0 Å². The van der Waals surface area contributed by atoms with Crippen LogP contribution in [-0.4, -0.2) is 38.7 Å². The van der Waals surface area contributed by atoms with Crippen LogP contribution < -0.4 is 19.1 Å². The van der Waals surface area contributed by atoms with Crippen LogP contribution in [-0.2, 0) is 14.8 Å². The van der Waals surface area contributed by atoms with Gasteiger partial charge in [-0.2, -0.15) is 0 Å². The van der Waals surface area contributed by atoms with E-state index in [1.165, 1.54) is 43.6 Å². The van der Waals surface area contributed by atoms with Gasteiger partial charge in [0.2, 0.25) is 5.91 Å². The van der Waals surface area contributed by atoms with E-state index >= 15 is 0 Å². The van der Waals surface area contributed by atoms with E-state index < -0.39 is 10.0 Å². The highest BCUT2D eigenvalue weighted by molar-refractivity contribution is 7.92. The normalized spacial score (nSPS) is 11.2. The topological polar surface area (TPSA) is 124 Å². The molecule has 0 unspecified atom stereocenters. The highest BCUT2D eigenvalue weighted by Crippen LogP contribution is 2.42. The second kappa shape index (κ2) is 11.3. The zero-order chi connectivity index (χ0) is 27.4. The van der Waals surface area contributed by atoms with Gasteiger partial charge < -0.3 is 14.0 Å². The number of amides is 1. The van der Waals surface area contributed by atoms with Crippen molar-refractivity contribution < 1.29 is 27.2 Å². The third-order valence-corrected chi connectivity index (χ3v) is 7.29. The summed E-state index contributed by atoms with van der Waals surface area (Å²) in [7, 11) is -1.02. The number of ether oxygens (including phenoxy) is 2. The average Bonchev–Trinajstić information content (AvgIpc) is 3.41. The molecule has 38 heavy (non-hydrogen) atoms. The van der Waals surface area contributed by atoms with Crippen molar-refractivity contribution in [2.75, 3.05) is 23.8 Å². The Bertz CT molecular complexity index is 1560. The maximum Gasteiger partial charge on any atom is 0.264 e. The maximum atomic E-state index is 13.2. The van der Waals surface area contributed by atoms with Crippen molar-refractivity contribution >= 4 is 56.5 Å². The van der Waals surface area contributed by atoms with E-state index in [1.807, 2.05) is 0 Å². The van der Waals surface area contributed by atoms with Crippen molar-refractivity contribution in [2.24, 2.45) is 0 Å². The van der Waals surface area contributed by atoms with Crippen LogP contribution >= 0.6 is 23.2 Å².